The summed E-state index contributed by atoms with van der Waals surface area (Å²) < 4.78 is 7.94. The first kappa shape index (κ1) is 25.1. The number of halogens is 1. The van der Waals surface area contributed by atoms with E-state index in [1.54, 1.807) is 4.40 Å². The van der Waals surface area contributed by atoms with Gasteiger partial charge in [-0.05, 0) is 62.3 Å². The Morgan fingerprint density at radius 2 is 1.94 bits per heavy atom. The van der Waals surface area contributed by atoms with Gasteiger partial charge < -0.3 is 15.2 Å². The zero-order valence-corrected chi connectivity index (χ0v) is 20.2. The summed E-state index contributed by atoms with van der Waals surface area (Å²) in [4.78, 5) is 17.8. The first-order chi connectivity index (χ1) is 15.6. The Balaban J connectivity index is 0.00000306. The number of nitrogens with one attached hydrogen (secondary N) is 1. The minimum absolute atomic E-state index is 0. The molecule has 1 amide bonds. The van der Waals surface area contributed by atoms with E-state index in [1.807, 2.05) is 56.4 Å². The van der Waals surface area contributed by atoms with Crippen molar-refractivity contribution in [2.24, 2.45) is 5.92 Å². The monoisotopic (exact) mass is 471 g/mol. The highest BCUT2D eigenvalue weighted by molar-refractivity contribution is 5.95. The number of hydrogen-bond acceptors (Lipinski definition) is 4. The molecule has 1 atom stereocenters. The van der Waals surface area contributed by atoms with Crippen LogP contribution < -0.4 is 10.1 Å². The lowest BCUT2D eigenvalue weighted by Gasteiger charge is -2.21. The molecule has 3 aromatic rings. The van der Waals surface area contributed by atoms with E-state index in [-0.39, 0.29) is 31.0 Å². The van der Waals surface area contributed by atoms with Crippen LogP contribution in [0.1, 0.15) is 59.4 Å². The number of imidazole rings is 1. The molecule has 1 saturated carbocycles. The van der Waals surface area contributed by atoms with Crippen molar-refractivity contribution in [1.29, 1.82) is 0 Å². The van der Waals surface area contributed by atoms with E-state index in [9.17, 15) is 9.90 Å². The maximum atomic E-state index is 13.2. The summed E-state index contributed by atoms with van der Waals surface area (Å²) >= 11 is 0. The standard InChI is InChI=1S/C26H33N3O3.ClH/c1-18-9-6-7-12-21(18)15-22(16-30)28-26(31)24-19(2)27-25-23(13-8-14-29(24)25)32-17-20-10-4-3-5-11-20;/h6-9,12-14,20,22,30H,3-5,10-11,15-17H2,1-2H3,(H,28,31);1H/t22-;/m1./s1. The number of ether oxygens (including phenoxy) is 1. The third-order valence-electron chi connectivity index (χ3n) is 6.49. The number of nitrogens with zero attached hydrogens (tertiary/aromatic N) is 2. The first-order valence-electron chi connectivity index (χ1n) is 11.6. The van der Waals surface area contributed by atoms with Crippen LogP contribution >= 0.6 is 12.4 Å². The van der Waals surface area contributed by atoms with Gasteiger partial charge in [0.2, 0.25) is 0 Å². The molecule has 178 valence electrons. The number of aliphatic hydroxyl groups excluding tert-OH is 1. The average Bonchev–Trinajstić information content (AvgIpc) is 3.15. The van der Waals surface area contributed by atoms with Gasteiger partial charge in [0.25, 0.3) is 5.91 Å². The normalized spacial score (nSPS) is 15.1. The second-order valence-corrected chi connectivity index (χ2v) is 8.91. The highest BCUT2D eigenvalue weighted by Gasteiger charge is 2.22. The Kier molecular flexibility index (Phi) is 8.75. The van der Waals surface area contributed by atoms with Crippen LogP contribution in [0.3, 0.4) is 0 Å². The summed E-state index contributed by atoms with van der Waals surface area (Å²) in [6.07, 6.45) is 8.72. The molecule has 33 heavy (non-hydrogen) atoms. The van der Waals surface area contributed by atoms with Gasteiger partial charge in [0.05, 0.1) is 24.9 Å². The minimum Gasteiger partial charge on any atom is -0.489 e. The third-order valence-corrected chi connectivity index (χ3v) is 6.49. The number of benzene rings is 1. The van der Waals surface area contributed by atoms with E-state index in [2.05, 4.69) is 10.3 Å². The van der Waals surface area contributed by atoms with Crippen molar-refractivity contribution in [3.63, 3.8) is 0 Å². The third kappa shape index (κ3) is 5.87. The molecule has 1 aliphatic rings. The Morgan fingerprint density at radius 1 is 1.18 bits per heavy atom. The summed E-state index contributed by atoms with van der Waals surface area (Å²) in [7, 11) is 0. The van der Waals surface area contributed by atoms with Gasteiger partial charge in [0.1, 0.15) is 5.69 Å². The lowest BCUT2D eigenvalue weighted by molar-refractivity contribution is 0.0909. The number of rotatable bonds is 8. The number of pyridine rings is 1. The second kappa shape index (κ2) is 11.5. The van der Waals surface area contributed by atoms with Gasteiger partial charge in [-0.2, -0.15) is 0 Å². The molecule has 6 nitrogen and oxygen atoms in total. The van der Waals surface area contributed by atoms with Gasteiger partial charge in [-0.3, -0.25) is 9.20 Å². The van der Waals surface area contributed by atoms with Crippen molar-refractivity contribution in [1.82, 2.24) is 14.7 Å². The Hall–Kier alpha value is -2.57. The fourth-order valence-electron chi connectivity index (χ4n) is 4.62. The Labute approximate surface area is 201 Å². The molecule has 1 fully saturated rings. The zero-order valence-electron chi connectivity index (χ0n) is 19.4. The fourth-order valence-corrected chi connectivity index (χ4v) is 4.62. The predicted molar refractivity (Wildman–Crippen MR) is 132 cm³/mol. The molecule has 1 aliphatic carbocycles. The Morgan fingerprint density at radius 3 is 2.67 bits per heavy atom. The molecule has 0 spiro atoms. The lowest BCUT2D eigenvalue weighted by Crippen LogP contribution is -2.40. The van der Waals surface area contributed by atoms with E-state index >= 15 is 0 Å². The summed E-state index contributed by atoms with van der Waals surface area (Å²) in [6.45, 7) is 4.43. The molecule has 2 aromatic heterocycles. The maximum Gasteiger partial charge on any atom is 0.270 e. The smallest absolute Gasteiger partial charge is 0.270 e. The molecule has 0 unspecified atom stereocenters. The van der Waals surface area contributed by atoms with Crippen LogP contribution in [-0.4, -0.2) is 39.7 Å². The number of hydrogen-bond donors (Lipinski definition) is 2. The van der Waals surface area contributed by atoms with Crippen LogP contribution in [0.2, 0.25) is 0 Å². The van der Waals surface area contributed by atoms with Gasteiger partial charge in [-0.25, -0.2) is 4.98 Å². The Bertz CT molecular complexity index is 1080. The molecule has 0 aliphatic heterocycles. The van der Waals surface area contributed by atoms with Crippen LogP contribution in [0.15, 0.2) is 42.6 Å². The van der Waals surface area contributed by atoms with E-state index < -0.39 is 0 Å². The zero-order chi connectivity index (χ0) is 22.5. The average molecular weight is 472 g/mol. The molecule has 2 N–H and O–H groups in total. The van der Waals surface area contributed by atoms with Crippen LogP contribution in [0.4, 0.5) is 0 Å². The van der Waals surface area contributed by atoms with Gasteiger partial charge in [0.15, 0.2) is 11.4 Å². The minimum atomic E-state index is -0.376. The number of carbonyl (C=O) groups excluding carboxylic acids is 1. The highest BCUT2D eigenvalue weighted by Crippen LogP contribution is 2.27. The highest BCUT2D eigenvalue weighted by atomic mass is 35.5. The van der Waals surface area contributed by atoms with Crippen molar-refractivity contribution < 1.29 is 14.6 Å². The number of fused-ring (bicyclic) bond motifs is 1. The van der Waals surface area contributed by atoms with Crippen molar-refractivity contribution >= 4 is 24.0 Å². The van der Waals surface area contributed by atoms with Crippen molar-refractivity contribution in [2.45, 2.75) is 58.4 Å². The summed E-state index contributed by atoms with van der Waals surface area (Å²) in [6, 6.07) is 11.5. The van der Waals surface area contributed by atoms with Gasteiger partial charge in [-0.15, -0.1) is 12.4 Å². The van der Waals surface area contributed by atoms with Crippen molar-refractivity contribution in [3.8, 4) is 5.75 Å². The van der Waals surface area contributed by atoms with Gasteiger partial charge in [0, 0.05) is 6.20 Å². The largest absolute Gasteiger partial charge is 0.489 e. The number of aliphatic hydroxyl groups is 1. The van der Waals surface area contributed by atoms with E-state index in [4.69, 9.17) is 4.74 Å². The molecule has 1 aromatic carbocycles. The molecule has 2 heterocycles. The molecule has 0 radical (unpaired) electrons. The topological polar surface area (TPSA) is 75.9 Å². The molecule has 0 bridgehead atoms. The summed E-state index contributed by atoms with van der Waals surface area (Å²) in [5, 5.41) is 12.9. The molecule has 7 heteroatoms. The van der Waals surface area contributed by atoms with Crippen LogP contribution in [0, 0.1) is 19.8 Å². The molecular formula is C26H34ClN3O3. The SMILES string of the molecule is Cc1ccccc1C[C@H](CO)NC(=O)c1c(C)nc2c(OCC3CCCCC3)cccn12.Cl. The number of amides is 1. The van der Waals surface area contributed by atoms with E-state index in [0.717, 1.165) is 11.1 Å². The van der Waals surface area contributed by atoms with Crippen LogP contribution in [0.25, 0.3) is 5.65 Å². The van der Waals surface area contributed by atoms with E-state index in [1.165, 1.54) is 32.1 Å². The number of aryl methyl sites for hydroxylation is 2. The van der Waals surface area contributed by atoms with Crippen LogP contribution in [-0.2, 0) is 6.42 Å². The maximum absolute atomic E-state index is 13.2. The second-order valence-electron chi connectivity index (χ2n) is 8.91. The lowest BCUT2D eigenvalue weighted by atomic mass is 9.90. The van der Waals surface area contributed by atoms with Crippen molar-refractivity contribution in [3.05, 3.63) is 65.1 Å². The quantitative estimate of drug-likeness (QED) is 0.500. The van der Waals surface area contributed by atoms with E-state index in [0.29, 0.717) is 41.7 Å². The summed E-state index contributed by atoms with van der Waals surface area (Å²) in [5.74, 6) is 1.06. The fraction of sp³-hybridized carbons (Fsp3) is 0.462. The van der Waals surface area contributed by atoms with Crippen molar-refractivity contribution in [2.75, 3.05) is 13.2 Å². The molecular weight excluding hydrogens is 438 g/mol. The molecule has 4 rings (SSSR count). The van der Waals surface area contributed by atoms with Gasteiger partial charge in [-0.1, -0.05) is 43.5 Å². The van der Waals surface area contributed by atoms with Crippen LogP contribution in [0.5, 0.6) is 5.75 Å². The first-order valence-corrected chi connectivity index (χ1v) is 11.6. The summed E-state index contributed by atoms with van der Waals surface area (Å²) in [5.41, 5.74) is 4.03. The number of aromatic nitrogens is 2. The number of carbonyl (C=O) groups is 1. The predicted octanol–water partition coefficient (Wildman–Crippen LogP) is 4.67. The molecule has 0 saturated heterocycles. The van der Waals surface area contributed by atoms with Gasteiger partial charge >= 0.3 is 0 Å².